The predicted octanol–water partition coefficient (Wildman–Crippen LogP) is 6.32. The third-order valence-electron chi connectivity index (χ3n) is 7.04. The lowest BCUT2D eigenvalue weighted by Crippen LogP contribution is -2.51. The third kappa shape index (κ3) is 9.21. The molecule has 0 bridgehead atoms. The first-order chi connectivity index (χ1) is 19.8. The van der Waals surface area contributed by atoms with Crippen molar-refractivity contribution in [3.05, 3.63) is 99.0 Å². The minimum absolute atomic E-state index is 0.0401. The quantitative estimate of drug-likeness (QED) is 0.239. The molecule has 0 radical (unpaired) electrons. The van der Waals surface area contributed by atoms with E-state index in [9.17, 15) is 18.0 Å². The largest absolute Gasteiger partial charge is 0.352 e. The molecule has 0 saturated carbocycles. The molecule has 0 spiro atoms. The van der Waals surface area contributed by atoms with Gasteiger partial charge in [0.2, 0.25) is 21.8 Å². The molecular weight excluding hydrogens is 593 g/mol. The highest BCUT2D eigenvalue weighted by atomic mass is 35.5. The average molecular weight is 633 g/mol. The van der Waals surface area contributed by atoms with E-state index in [1.807, 2.05) is 70.2 Å². The van der Waals surface area contributed by atoms with Crippen LogP contribution in [0.2, 0.25) is 10.0 Å². The first kappa shape index (κ1) is 33.4. The predicted molar refractivity (Wildman–Crippen MR) is 172 cm³/mol. The Bertz CT molecular complexity index is 1500. The summed E-state index contributed by atoms with van der Waals surface area (Å²) in [7, 11) is -3.60. The van der Waals surface area contributed by atoms with E-state index in [1.165, 1.54) is 10.6 Å². The van der Waals surface area contributed by atoms with Crippen molar-refractivity contribution in [2.45, 2.75) is 65.6 Å². The van der Waals surface area contributed by atoms with Gasteiger partial charge < -0.3 is 10.2 Å². The zero-order valence-electron chi connectivity index (χ0n) is 24.7. The molecule has 2 amide bonds. The van der Waals surface area contributed by atoms with E-state index in [-0.39, 0.29) is 43.8 Å². The van der Waals surface area contributed by atoms with Crippen molar-refractivity contribution in [3.63, 3.8) is 0 Å². The fourth-order valence-electron chi connectivity index (χ4n) is 4.76. The molecule has 0 unspecified atom stereocenters. The van der Waals surface area contributed by atoms with Crippen LogP contribution < -0.4 is 9.62 Å². The molecule has 3 rings (SSSR count). The van der Waals surface area contributed by atoms with Gasteiger partial charge in [0.25, 0.3) is 0 Å². The monoisotopic (exact) mass is 631 g/mol. The van der Waals surface area contributed by atoms with E-state index in [2.05, 4.69) is 5.32 Å². The Kier molecular flexibility index (Phi) is 11.9. The molecular formula is C32H39Cl2N3O4S. The zero-order chi connectivity index (χ0) is 31.0. The maximum atomic E-state index is 13.9. The second-order valence-electron chi connectivity index (χ2n) is 10.8. The molecule has 0 fully saturated rings. The number of halogens is 2. The molecule has 0 aliphatic rings. The SMILES string of the molecule is Cc1cccc(N(CCCC(=O)N(Cc2ccc(Cl)c(Cl)c2)[C@H](Cc2ccccc2)C(=O)NC(C)C)S(C)(=O)=O)c1C. The Morgan fingerprint density at radius 2 is 1.60 bits per heavy atom. The topological polar surface area (TPSA) is 86.8 Å². The molecule has 0 aliphatic heterocycles. The van der Waals surface area contributed by atoms with Gasteiger partial charge >= 0.3 is 0 Å². The van der Waals surface area contributed by atoms with Gasteiger partial charge in [-0.05, 0) is 74.6 Å². The summed E-state index contributed by atoms with van der Waals surface area (Å²) >= 11 is 12.4. The highest BCUT2D eigenvalue weighted by Gasteiger charge is 2.31. The molecule has 3 aromatic rings. The number of hydrogen-bond acceptors (Lipinski definition) is 4. The van der Waals surface area contributed by atoms with Crippen LogP contribution in [0.25, 0.3) is 0 Å². The van der Waals surface area contributed by atoms with E-state index in [0.717, 1.165) is 22.3 Å². The van der Waals surface area contributed by atoms with Crippen molar-refractivity contribution in [2.24, 2.45) is 0 Å². The molecule has 3 aromatic carbocycles. The molecule has 42 heavy (non-hydrogen) atoms. The van der Waals surface area contributed by atoms with Gasteiger partial charge in [0, 0.05) is 32.0 Å². The van der Waals surface area contributed by atoms with Crippen LogP contribution >= 0.6 is 23.2 Å². The zero-order valence-corrected chi connectivity index (χ0v) is 27.1. The second-order valence-corrected chi connectivity index (χ2v) is 13.5. The van der Waals surface area contributed by atoms with Crippen LogP contribution in [0.3, 0.4) is 0 Å². The standard InChI is InChI=1S/C32H39Cl2N3O4S/c1-22(2)35-32(39)30(20-25-12-7-6-8-13-25)36(21-26-16-17-27(33)28(34)19-26)31(38)15-10-18-37(42(5,40)41)29-14-9-11-23(3)24(29)4/h6-9,11-14,16-17,19,22,30H,10,15,18,20-21H2,1-5H3,(H,35,39)/t30-/m1/s1. The summed E-state index contributed by atoms with van der Waals surface area (Å²) in [5.41, 5.74) is 4.07. The Morgan fingerprint density at radius 1 is 0.905 bits per heavy atom. The Morgan fingerprint density at radius 3 is 2.21 bits per heavy atom. The lowest BCUT2D eigenvalue weighted by atomic mass is 10.0. The second kappa shape index (κ2) is 14.9. The summed E-state index contributed by atoms with van der Waals surface area (Å²) in [6, 6.07) is 19.3. The van der Waals surface area contributed by atoms with Crippen molar-refractivity contribution >= 4 is 50.7 Å². The molecule has 10 heteroatoms. The van der Waals surface area contributed by atoms with Gasteiger partial charge in [0.1, 0.15) is 6.04 Å². The van der Waals surface area contributed by atoms with Crippen molar-refractivity contribution in [2.75, 3.05) is 17.1 Å². The lowest BCUT2D eigenvalue weighted by molar-refractivity contribution is -0.141. The van der Waals surface area contributed by atoms with Crippen LogP contribution in [0, 0.1) is 13.8 Å². The highest BCUT2D eigenvalue weighted by Crippen LogP contribution is 2.27. The van der Waals surface area contributed by atoms with Gasteiger partial charge in [-0.2, -0.15) is 0 Å². The Hall–Kier alpha value is -3.07. The van der Waals surface area contributed by atoms with E-state index < -0.39 is 16.1 Å². The fourth-order valence-corrected chi connectivity index (χ4v) is 6.09. The number of carbonyl (C=O) groups is 2. The van der Waals surface area contributed by atoms with Gasteiger partial charge in [-0.15, -0.1) is 0 Å². The Labute approximate surface area is 259 Å². The molecule has 1 atom stereocenters. The van der Waals surface area contributed by atoms with Crippen molar-refractivity contribution in [3.8, 4) is 0 Å². The maximum Gasteiger partial charge on any atom is 0.243 e. The summed E-state index contributed by atoms with van der Waals surface area (Å²) in [6.07, 6.45) is 1.78. The number of rotatable bonds is 13. The summed E-state index contributed by atoms with van der Waals surface area (Å²) in [6.45, 7) is 7.81. The number of nitrogens with one attached hydrogen (secondary N) is 1. The molecule has 0 aromatic heterocycles. The molecule has 0 heterocycles. The first-order valence-corrected chi connectivity index (χ1v) is 16.5. The van der Waals surface area contributed by atoms with Crippen molar-refractivity contribution in [1.82, 2.24) is 10.2 Å². The first-order valence-electron chi connectivity index (χ1n) is 13.9. The smallest absolute Gasteiger partial charge is 0.243 e. The number of hydrogen-bond donors (Lipinski definition) is 1. The normalized spacial score (nSPS) is 12.2. The highest BCUT2D eigenvalue weighted by molar-refractivity contribution is 7.92. The van der Waals surface area contributed by atoms with E-state index in [1.54, 1.807) is 29.2 Å². The van der Waals surface area contributed by atoms with E-state index >= 15 is 0 Å². The maximum absolute atomic E-state index is 13.9. The summed E-state index contributed by atoms with van der Waals surface area (Å²) in [5, 5.41) is 3.71. The number of sulfonamides is 1. The van der Waals surface area contributed by atoms with Gasteiger partial charge in [-0.25, -0.2) is 8.42 Å². The van der Waals surface area contributed by atoms with Gasteiger partial charge in [-0.3, -0.25) is 13.9 Å². The number of benzene rings is 3. The summed E-state index contributed by atoms with van der Waals surface area (Å²) < 4.78 is 26.9. The molecule has 0 aliphatic carbocycles. The van der Waals surface area contributed by atoms with Crippen molar-refractivity contribution < 1.29 is 18.0 Å². The Balaban J connectivity index is 1.92. The van der Waals surface area contributed by atoms with Crippen LogP contribution in [0.5, 0.6) is 0 Å². The van der Waals surface area contributed by atoms with Crippen LogP contribution in [0.1, 0.15) is 48.9 Å². The molecule has 7 nitrogen and oxygen atoms in total. The van der Waals surface area contributed by atoms with Gasteiger partial charge in [-0.1, -0.05) is 71.7 Å². The van der Waals surface area contributed by atoms with Crippen LogP contribution in [-0.4, -0.2) is 50.0 Å². The minimum atomic E-state index is -3.60. The van der Waals surface area contributed by atoms with Crippen molar-refractivity contribution in [1.29, 1.82) is 0 Å². The number of nitrogens with zero attached hydrogens (tertiary/aromatic N) is 2. The van der Waals surface area contributed by atoms with Gasteiger partial charge in [0.05, 0.1) is 22.0 Å². The molecule has 1 N–H and O–H groups in total. The lowest BCUT2D eigenvalue weighted by Gasteiger charge is -2.32. The van der Waals surface area contributed by atoms with Crippen LogP contribution in [-0.2, 0) is 32.6 Å². The summed E-state index contributed by atoms with van der Waals surface area (Å²) in [4.78, 5) is 29.0. The minimum Gasteiger partial charge on any atom is -0.352 e. The third-order valence-corrected chi connectivity index (χ3v) is 8.95. The number of amides is 2. The molecule has 0 saturated heterocycles. The van der Waals surface area contributed by atoms with Crippen LogP contribution in [0.15, 0.2) is 66.7 Å². The number of anilines is 1. The number of aryl methyl sites for hydroxylation is 1. The van der Waals surface area contributed by atoms with E-state index in [4.69, 9.17) is 23.2 Å². The van der Waals surface area contributed by atoms with Crippen LogP contribution in [0.4, 0.5) is 5.69 Å². The van der Waals surface area contributed by atoms with Gasteiger partial charge in [0.15, 0.2) is 0 Å². The fraction of sp³-hybridized carbons (Fsp3) is 0.375. The van der Waals surface area contributed by atoms with E-state index in [0.29, 0.717) is 22.2 Å². The molecule has 226 valence electrons. The average Bonchev–Trinajstić information content (AvgIpc) is 2.92. The summed E-state index contributed by atoms with van der Waals surface area (Å²) in [5.74, 6) is -0.536. The number of carbonyl (C=O) groups excluding carboxylic acids is 2.